The number of halogens is 2. The fourth-order valence-corrected chi connectivity index (χ4v) is 4.05. The minimum absolute atomic E-state index is 0.0990. The number of rotatable bonds is 2. The molecule has 6 heteroatoms. The summed E-state index contributed by atoms with van der Waals surface area (Å²) < 4.78 is 28.4. The fraction of sp³-hybridized carbons (Fsp3) is 0.579. The van der Waals surface area contributed by atoms with Gasteiger partial charge >= 0.3 is 0 Å². The van der Waals surface area contributed by atoms with E-state index in [9.17, 15) is 18.4 Å². The Kier molecular flexibility index (Phi) is 4.21. The summed E-state index contributed by atoms with van der Waals surface area (Å²) in [6.07, 6.45) is 4.42. The van der Waals surface area contributed by atoms with Gasteiger partial charge in [0.25, 0.3) is 0 Å². The molecule has 0 unspecified atom stereocenters. The molecule has 0 spiro atoms. The van der Waals surface area contributed by atoms with Gasteiger partial charge in [0.1, 0.15) is 11.6 Å². The molecule has 134 valence electrons. The molecule has 1 aromatic carbocycles. The Labute approximate surface area is 145 Å². The number of likely N-dealkylation sites (tertiary alicyclic amines) is 1. The van der Waals surface area contributed by atoms with Gasteiger partial charge in [0.05, 0.1) is 11.6 Å². The lowest BCUT2D eigenvalue weighted by molar-refractivity contribution is -0.136. The van der Waals surface area contributed by atoms with Crippen molar-refractivity contribution in [2.45, 2.75) is 38.5 Å². The van der Waals surface area contributed by atoms with Crippen molar-refractivity contribution < 1.29 is 18.4 Å². The third-order valence-electron chi connectivity index (χ3n) is 5.53. The van der Waals surface area contributed by atoms with Crippen molar-refractivity contribution in [3.63, 3.8) is 0 Å². The number of amides is 2. The van der Waals surface area contributed by atoms with E-state index in [0.717, 1.165) is 31.4 Å². The summed E-state index contributed by atoms with van der Waals surface area (Å²) in [4.78, 5) is 28.5. The number of piperidine rings is 1. The maximum Gasteiger partial charge on any atom is 0.231 e. The summed E-state index contributed by atoms with van der Waals surface area (Å²) in [6, 6.07) is 2.21. The summed E-state index contributed by atoms with van der Waals surface area (Å²) in [6.45, 7) is 1.49. The first-order chi connectivity index (χ1) is 12.1. The third-order valence-corrected chi connectivity index (χ3v) is 5.53. The SMILES string of the molecule is O=C(C1CC1)N1CCC[C@@H](C(=O)N2CCCc3c(F)ccc(F)c32)C1. The lowest BCUT2D eigenvalue weighted by Crippen LogP contribution is -2.48. The second kappa shape index (κ2) is 6.39. The molecule has 1 atom stereocenters. The predicted molar refractivity (Wildman–Crippen MR) is 89.1 cm³/mol. The molecule has 0 bridgehead atoms. The Hall–Kier alpha value is -1.98. The first kappa shape index (κ1) is 16.5. The molecule has 0 radical (unpaired) electrons. The molecule has 2 aliphatic heterocycles. The van der Waals surface area contributed by atoms with Gasteiger partial charge < -0.3 is 9.80 Å². The molecular weight excluding hydrogens is 326 g/mol. The van der Waals surface area contributed by atoms with E-state index in [1.807, 2.05) is 0 Å². The maximum absolute atomic E-state index is 14.3. The van der Waals surface area contributed by atoms with Crippen LogP contribution in [0.3, 0.4) is 0 Å². The number of hydrogen-bond acceptors (Lipinski definition) is 2. The summed E-state index contributed by atoms with van der Waals surface area (Å²) in [5, 5.41) is 0. The van der Waals surface area contributed by atoms with Crippen LogP contribution in [0.1, 0.15) is 37.7 Å². The van der Waals surface area contributed by atoms with Crippen molar-refractivity contribution in [1.29, 1.82) is 0 Å². The smallest absolute Gasteiger partial charge is 0.231 e. The van der Waals surface area contributed by atoms with E-state index >= 15 is 0 Å². The minimum Gasteiger partial charge on any atom is -0.342 e. The highest BCUT2D eigenvalue weighted by Crippen LogP contribution is 2.35. The summed E-state index contributed by atoms with van der Waals surface area (Å²) in [7, 11) is 0. The van der Waals surface area contributed by atoms with Crippen molar-refractivity contribution >= 4 is 17.5 Å². The average molecular weight is 348 g/mol. The summed E-state index contributed by atoms with van der Waals surface area (Å²) in [5.74, 6) is -1.23. The molecular formula is C19H22F2N2O2. The zero-order valence-electron chi connectivity index (χ0n) is 14.1. The highest BCUT2D eigenvalue weighted by atomic mass is 19.1. The van der Waals surface area contributed by atoms with Gasteiger partial charge in [0.2, 0.25) is 11.8 Å². The van der Waals surface area contributed by atoms with E-state index in [1.54, 1.807) is 4.90 Å². The summed E-state index contributed by atoms with van der Waals surface area (Å²) in [5.41, 5.74) is 0.392. The van der Waals surface area contributed by atoms with Gasteiger partial charge in [0, 0.05) is 31.1 Å². The second-order valence-electron chi connectivity index (χ2n) is 7.35. The lowest BCUT2D eigenvalue weighted by Gasteiger charge is -2.37. The quantitative estimate of drug-likeness (QED) is 0.825. The number of carbonyl (C=O) groups excluding carboxylic acids is 2. The van der Waals surface area contributed by atoms with E-state index in [4.69, 9.17) is 0 Å². The second-order valence-corrected chi connectivity index (χ2v) is 7.35. The van der Waals surface area contributed by atoms with Crippen LogP contribution in [0, 0.1) is 23.5 Å². The van der Waals surface area contributed by atoms with E-state index in [-0.39, 0.29) is 29.3 Å². The van der Waals surface area contributed by atoms with E-state index < -0.39 is 11.6 Å². The zero-order chi connectivity index (χ0) is 17.6. The Bertz CT molecular complexity index is 718. The maximum atomic E-state index is 14.3. The topological polar surface area (TPSA) is 40.6 Å². The van der Waals surface area contributed by atoms with Crippen LogP contribution in [0.5, 0.6) is 0 Å². The number of benzene rings is 1. The largest absolute Gasteiger partial charge is 0.342 e. The fourth-order valence-electron chi connectivity index (χ4n) is 4.05. The monoisotopic (exact) mass is 348 g/mol. The van der Waals surface area contributed by atoms with Crippen LogP contribution in [0.4, 0.5) is 14.5 Å². The van der Waals surface area contributed by atoms with Gasteiger partial charge in [-0.3, -0.25) is 9.59 Å². The van der Waals surface area contributed by atoms with Crippen molar-refractivity contribution in [1.82, 2.24) is 4.90 Å². The molecule has 0 aromatic heterocycles. The molecule has 2 fully saturated rings. The van der Waals surface area contributed by atoms with Crippen molar-refractivity contribution in [2.24, 2.45) is 11.8 Å². The van der Waals surface area contributed by atoms with Gasteiger partial charge in [-0.2, -0.15) is 0 Å². The first-order valence-electron chi connectivity index (χ1n) is 9.13. The first-order valence-corrected chi connectivity index (χ1v) is 9.13. The normalized spacial score (nSPS) is 23.4. The van der Waals surface area contributed by atoms with Gasteiger partial charge in [0.15, 0.2) is 0 Å². The molecule has 4 rings (SSSR count). The number of carbonyl (C=O) groups is 2. The van der Waals surface area contributed by atoms with E-state index in [0.29, 0.717) is 44.5 Å². The highest BCUT2D eigenvalue weighted by Gasteiger charge is 2.39. The van der Waals surface area contributed by atoms with Crippen LogP contribution >= 0.6 is 0 Å². The van der Waals surface area contributed by atoms with Crippen LogP contribution in [0.2, 0.25) is 0 Å². The average Bonchev–Trinajstić information content (AvgIpc) is 3.48. The Morgan fingerprint density at radius 2 is 1.68 bits per heavy atom. The molecule has 3 aliphatic rings. The zero-order valence-corrected chi connectivity index (χ0v) is 14.1. The van der Waals surface area contributed by atoms with Crippen LogP contribution in [-0.2, 0) is 16.0 Å². The van der Waals surface area contributed by atoms with Gasteiger partial charge in [-0.15, -0.1) is 0 Å². The number of fused-ring (bicyclic) bond motifs is 1. The van der Waals surface area contributed by atoms with Crippen molar-refractivity contribution in [3.8, 4) is 0 Å². The molecule has 0 N–H and O–H groups in total. The van der Waals surface area contributed by atoms with Crippen molar-refractivity contribution in [3.05, 3.63) is 29.3 Å². The number of hydrogen-bond donors (Lipinski definition) is 0. The van der Waals surface area contributed by atoms with Crippen LogP contribution in [0.25, 0.3) is 0 Å². The molecule has 1 aliphatic carbocycles. The van der Waals surface area contributed by atoms with Gasteiger partial charge in [-0.1, -0.05) is 0 Å². The summed E-state index contributed by atoms with van der Waals surface area (Å²) >= 11 is 0. The lowest BCUT2D eigenvalue weighted by atomic mass is 9.93. The van der Waals surface area contributed by atoms with Crippen LogP contribution in [0.15, 0.2) is 12.1 Å². The number of nitrogens with zero attached hydrogens (tertiary/aromatic N) is 2. The molecule has 1 saturated heterocycles. The highest BCUT2D eigenvalue weighted by molar-refractivity contribution is 5.97. The molecule has 1 aromatic rings. The van der Waals surface area contributed by atoms with E-state index in [1.165, 1.54) is 4.90 Å². The van der Waals surface area contributed by atoms with E-state index in [2.05, 4.69) is 0 Å². The minimum atomic E-state index is -0.550. The number of anilines is 1. The van der Waals surface area contributed by atoms with Gasteiger partial charge in [-0.25, -0.2) is 8.78 Å². The molecule has 25 heavy (non-hydrogen) atoms. The molecule has 4 nitrogen and oxygen atoms in total. The Morgan fingerprint density at radius 1 is 0.920 bits per heavy atom. The molecule has 2 amide bonds. The van der Waals surface area contributed by atoms with Crippen molar-refractivity contribution in [2.75, 3.05) is 24.5 Å². The third kappa shape index (κ3) is 3.02. The standard InChI is InChI=1S/C19H22F2N2O2/c20-15-7-8-16(21)17-14(15)4-2-10-23(17)19(25)13-3-1-9-22(11-13)18(24)12-5-6-12/h7-8,12-13H,1-6,9-11H2/t13-/m1/s1. The van der Waals surface area contributed by atoms with Gasteiger partial charge in [-0.05, 0) is 50.7 Å². The predicted octanol–water partition coefficient (Wildman–Crippen LogP) is 2.89. The Morgan fingerprint density at radius 3 is 2.44 bits per heavy atom. The Balaban J connectivity index is 1.55. The van der Waals surface area contributed by atoms with Crippen LogP contribution < -0.4 is 4.90 Å². The molecule has 2 heterocycles. The molecule has 1 saturated carbocycles. The van der Waals surface area contributed by atoms with Crippen LogP contribution in [-0.4, -0.2) is 36.3 Å².